The summed E-state index contributed by atoms with van der Waals surface area (Å²) in [5.74, 6) is 0.968. The average molecular weight is 287 g/mol. The number of amides is 1. The highest BCUT2D eigenvalue weighted by Crippen LogP contribution is 2.30. The number of nitrogens with zero attached hydrogens (tertiary/aromatic N) is 2. The highest BCUT2D eigenvalue weighted by atomic mass is 16.5. The van der Waals surface area contributed by atoms with Crippen LogP contribution in [0.2, 0.25) is 0 Å². The number of carbonyl (C=O) groups excluding carboxylic acids is 1. The van der Waals surface area contributed by atoms with Gasteiger partial charge in [0.1, 0.15) is 5.82 Å². The first-order chi connectivity index (χ1) is 10.3. The molecular formula is C16H21N3O2. The second kappa shape index (κ2) is 5.30. The lowest BCUT2D eigenvalue weighted by Gasteiger charge is -2.37. The van der Waals surface area contributed by atoms with Gasteiger partial charge in [0, 0.05) is 18.8 Å². The molecule has 4 rings (SSSR count). The summed E-state index contributed by atoms with van der Waals surface area (Å²) in [4.78, 5) is 19.1. The van der Waals surface area contributed by atoms with Crippen molar-refractivity contribution in [2.45, 2.75) is 50.3 Å². The van der Waals surface area contributed by atoms with Crippen molar-refractivity contribution in [3.8, 4) is 0 Å². The predicted molar refractivity (Wildman–Crippen MR) is 79.3 cm³/mol. The molecule has 0 bridgehead atoms. The minimum Gasteiger partial charge on any atom is -0.374 e. The minimum atomic E-state index is 0.0978. The third kappa shape index (κ3) is 2.62. The van der Waals surface area contributed by atoms with E-state index in [-0.39, 0.29) is 18.1 Å². The van der Waals surface area contributed by atoms with E-state index in [4.69, 9.17) is 4.74 Å². The summed E-state index contributed by atoms with van der Waals surface area (Å²) in [7, 11) is 0. The number of morpholine rings is 1. The van der Waals surface area contributed by atoms with Crippen LogP contribution in [0, 0.1) is 0 Å². The van der Waals surface area contributed by atoms with Crippen LogP contribution in [0.1, 0.15) is 42.5 Å². The first-order valence-corrected chi connectivity index (χ1v) is 7.96. The molecule has 1 saturated heterocycles. The van der Waals surface area contributed by atoms with Crippen LogP contribution in [0.4, 0.5) is 5.82 Å². The van der Waals surface area contributed by atoms with Gasteiger partial charge in [0.05, 0.1) is 24.3 Å². The molecule has 2 saturated carbocycles. The number of pyridine rings is 1. The number of ether oxygens (including phenoxy) is 1. The molecule has 0 spiro atoms. The maximum absolute atomic E-state index is 12.7. The van der Waals surface area contributed by atoms with E-state index in [1.807, 2.05) is 17.0 Å². The summed E-state index contributed by atoms with van der Waals surface area (Å²) in [5.41, 5.74) is 0.684. The zero-order chi connectivity index (χ0) is 14.2. The Morgan fingerprint density at radius 2 is 2.19 bits per heavy atom. The normalized spacial score (nSPS) is 28.3. The lowest BCUT2D eigenvalue weighted by molar-refractivity contribution is -0.0445. The van der Waals surface area contributed by atoms with Crippen LogP contribution >= 0.6 is 0 Å². The fourth-order valence-corrected chi connectivity index (χ4v) is 3.39. The number of hydrogen-bond acceptors (Lipinski definition) is 4. The van der Waals surface area contributed by atoms with E-state index in [1.54, 1.807) is 6.20 Å². The minimum absolute atomic E-state index is 0.0978. The summed E-state index contributed by atoms with van der Waals surface area (Å²) in [6, 6.07) is 4.64. The van der Waals surface area contributed by atoms with Gasteiger partial charge in [0.25, 0.3) is 5.91 Å². The van der Waals surface area contributed by atoms with E-state index in [2.05, 4.69) is 10.3 Å². The molecule has 2 aliphatic carbocycles. The van der Waals surface area contributed by atoms with Crippen molar-refractivity contribution in [2.75, 3.05) is 18.5 Å². The van der Waals surface area contributed by atoms with Gasteiger partial charge in [-0.05, 0) is 44.2 Å². The van der Waals surface area contributed by atoms with Crippen LogP contribution in [0.15, 0.2) is 18.3 Å². The van der Waals surface area contributed by atoms with Crippen molar-refractivity contribution >= 4 is 11.7 Å². The SMILES string of the molecule is O=C(c1ccc(NC2CC2)nc1)N1CCOC2CCCC21. The predicted octanol–water partition coefficient (Wildman–Crippen LogP) is 2.05. The molecule has 21 heavy (non-hydrogen) atoms. The van der Waals surface area contributed by atoms with Crippen molar-refractivity contribution in [1.29, 1.82) is 0 Å². The second-order valence-corrected chi connectivity index (χ2v) is 6.26. The third-order valence-electron chi connectivity index (χ3n) is 4.68. The molecule has 3 aliphatic rings. The molecule has 1 amide bonds. The van der Waals surface area contributed by atoms with Gasteiger partial charge in [-0.1, -0.05) is 0 Å². The summed E-state index contributed by atoms with van der Waals surface area (Å²) in [6.07, 6.45) is 7.68. The van der Waals surface area contributed by atoms with E-state index in [1.165, 1.54) is 12.8 Å². The van der Waals surface area contributed by atoms with E-state index in [0.29, 0.717) is 24.8 Å². The van der Waals surface area contributed by atoms with Crippen LogP contribution in [-0.4, -0.2) is 47.1 Å². The first kappa shape index (κ1) is 13.1. The number of nitrogens with one attached hydrogen (secondary N) is 1. The van der Waals surface area contributed by atoms with Crippen LogP contribution in [-0.2, 0) is 4.74 Å². The topological polar surface area (TPSA) is 54.5 Å². The van der Waals surface area contributed by atoms with E-state index < -0.39 is 0 Å². The average Bonchev–Trinajstić information content (AvgIpc) is 3.20. The van der Waals surface area contributed by atoms with Gasteiger partial charge in [-0.25, -0.2) is 4.98 Å². The lowest BCUT2D eigenvalue weighted by Crippen LogP contribution is -2.51. The quantitative estimate of drug-likeness (QED) is 0.924. The number of aromatic nitrogens is 1. The first-order valence-electron chi connectivity index (χ1n) is 7.96. The lowest BCUT2D eigenvalue weighted by atomic mass is 10.1. The zero-order valence-corrected chi connectivity index (χ0v) is 12.1. The fourth-order valence-electron chi connectivity index (χ4n) is 3.39. The number of carbonyl (C=O) groups is 1. The number of fused-ring (bicyclic) bond motifs is 1. The van der Waals surface area contributed by atoms with Gasteiger partial charge >= 0.3 is 0 Å². The molecule has 1 aromatic heterocycles. The summed E-state index contributed by atoms with van der Waals surface area (Å²) in [5, 5.41) is 3.34. The van der Waals surface area contributed by atoms with Gasteiger partial charge in [-0.2, -0.15) is 0 Å². The van der Waals surface area contributed by atoms with E-state index >= 15 is 0 Å². The Balaban J connectivity index is 1.47. The van der Waals surface area contributed by atoms with Crippen molar-refractivity contribution in [3.63, 3.8) is 0 Å². The largest absolute Gasteiger partial charge is 0.374 e. The van der Waals surface area contributed by atoms with Crippen molar-refractivity contribution in [3.05, 3.63) is 23.9 Å². The summed E-state index contributed by atoms with van der Waals surface area (Å²) in [6.45, 7) is 1.35. The Labute approximate surface area is 124 Å². The molecule has 1 aromatic rings. The Kier molecular flexibility index (Phi) is 3.30. The standard InChI is InChI=1S/C16H21N3O2/c20-16(19-8-9-21-14-3-1-2-13(14)19)11-4-7-15(17-10-11)18-12-5-6-12/h4,7,10,12-14H,1-3,5-6,8-9H2,(H,17,18). The Bertz CT molecular complexity index is 527. The number of rotatable bonds is 3. The fraction of sp³-hybridized carbons (Fsp3) is 0.625. The van der Waals surface area contributed by atoms with Crippen molar-refractivity contribution < 1.29 is 9.53 Å². The Morgan fingerprint density at radius 1 is 1.29 bits per heavy atom. The summed E-state index contributed by atoms with van der Waals surface area (Å²) < 4.78 is 5.77. The van der Waals surface area contributed by atoms with Gasteiger partial charge in [-0.15, -0.1) is 0 Å². The molecular weight excluding hydrogens is 266 g/mol. The number of anilines is 1. The molecule has 0 radical (unpaired) electrons. The third-order valence-corrected chi connectivity index (χ3v) is 4.68. The molecule has 5 heteroatoms. The van der Waals surface area contributed by atoms with Crippen LogP contribution in [0.5, 0.6) is 0 Å². The second-order valence-electron chi connectivity index (χ2n) is 6.26. The Morgan fingerprint density at radius 3 is 2.95 bits per heavy atom. The van der Waals surface area contributed by atoms with E-state index in [9.17, 15) is 4.79 Å². The molecule has 112 valence electrons. The summed E-state index contributed by atoms with van der Waals surface area (Å²) >= 11 is 0. The maximum Gasteiger partial charge on any atom is 0.255 e. The van der Waals surface area contributed by atoms with Gasteiger partial charge < -0.3 is 15.0 Å². The molecule has 2 unspecified atom stereocenters. The molecule has 1 aliphatic heterocycles. The smallest absolute Gasteiger partial charge is 0.255 e. The van der Waals surface area contributed by atoms with Crippen molar-refractivity contribution in [2.24, 2.45) is 0 Å². The molecule has 2 atom stereocenters. The molecule has 2 heterocycles. The van der Waals surface area contributed by atoms with Crippen LogP contribution in [0.25, 0.3) is 0 Å². The van der Waals surface area contributed by atoms with Crippen LogP contribution < -0.4 is 5.32 Å². The highest BCUT2D eigenvalue weighted by Gasteiger charge is 2.38. The highest BCUT2D eigenvalue weighted by molar-refractivity contribution is 5.94. The zero-order valence-electron chi connectivity index (χ0n) is 12.1. The van der Waals surface area contributed by atoms with Gasteiger partial charge in [0.15, 0.2) is 0 Å². The van der Waals surface area contributed by atoms with E-state index in [0.717, 1.165) is 25.1 Å². The van der Waals surface area contributed by atoms with Gasteiger partial charge in [0.2, 0.25) is 0 Å². The molecule has 3 fully saturated rings. The molecule has 1 N–H and O–H groups in total. The Hall–Kier alpha value is -1.62. The maximum atomic E-state index is 12.7. The number of hydrogen-bond donors (Lipinski definition) is 1. The molecule has 5 nitrogen and oxygen atoms in total. The van der Waals surface area contributed by atoms with Crippen molar-refractivity contribution in [1.82, 2.24) is 9.88 Å². The van der Waals surface area contributed by atoms with Crippen LogP contribution in [0.3, 0.4) is 0 Å². The van der Waals surface area contributed by atoms with Gasteiger partial charge in [-0.3, -0.25) is 4.79 Å². The molecule has 0 aromatic carbocycles. The monoisotopic (exact) mass is 287 g/mol.